The lowest BCUT2D eigenvalue weighted by atomic mass is 9.79. The molecule has 1 amide bonds. The number of aromatic nitrogens is 1. The predicted molar refractivity (Wildman–Crippen MR) is 120 cm³/mol. The Balaban J connectivity index is 1.48. The van der Waals surface area contributed by atoms with Crippen molar-refractivity contribution >= 4 is 16.8 Å². The molecule has 2 fully saturated rings. The molecule has 0 spiro atoms. The molecule has 0 bridgehead atoms. The van der Waals surface area contributed by atoms with Gasteiger partial charge in [-0.15, -0.1) is 0 Å². The first-order valence-corrected chi connectivity index (χ1v) is 11.6. The molecule has 2 heterocycles. The fraction of sp³-hybridized carbons (Fsp3) is 0.640. The topological polar surface area (TPSA) is 48.1 Å². The molecule has 2 N–H and O–H groups in total. The number of aromatic amines is 1. The van der Waals surface area contributed by atoms with E-state index in [1.165, 1.54) is 86.5 Å². The SMILES string of the molecule is Cc1cc(C)c2[nH]c(C)c(CC(=O)NCC3(N4CCCCC4)CCCCC3)c2c1. The van der Waals surface area contributed by atoms with Gasteiger partial charge in [0.05, 0.1) is 6.42 Å². The number of aryl methyl sites for hydroxylation is 3. The molecule has 1 aliphatic heterocycles. The summed E-state index contributed by atoms with van der Waals surface area (Å²) in [6.07, 6.45) is 10.8. The molecule has 1 saturated carbocycles. The Morgan fingerprint density at radius 2 is 1.72 bits per heavy atom. The lowest BCUT2D eigenvalue weighted by Gasteiger charge is -2.48. The first kappa shape index (κ1) is 20.5. The first-order valence-electron chi connectivity index (χ1n) is 11.6. The van der Waals surface area contributed by atoms with E-state index in [9.17, 15) is 4.79 Å². The van der Waals surface area contributed by atoms with E-state index in [0.717, 1.165) is 17.8 Å². The van der Waals surface area contributed by atoms with E-state index in [0.29, 0.717) is 6.42 Å². The van der Waals surface area contributed by atoms with Crippen molar-refractivity contribution in [2.45, 2.75) is 84.1 Å². The Bertz CT molecular complexity index is 870. The van der Waals surface area contributed by atoms with Crippen LogP contribution in [0.3, 0.4) is 0 Å². The Morgan fingerprint density at radius 3 is 2.45 bits per heavy atom. The highest BCUT2D eigenvalue weighted by molar-refractivity contribution is 5.92. The van der Waals surface area contributed by atoms with Gasteiger partial charge in [-0.3, -0.25) is 9.69 Å². The van der Waals surface area contributed by atoms with Crippen LogP contribution in [0.15, 0.2) is 12.1 Å². The van der Waals surface area contributed by atoms with Crippen LogP contribution in [0.4, 0.5) is 0 Å². The minimum absolute atomic E-state index is 0.162. The maximum atomic E-state index is 13.0. The van der Waals surface area contributed by atoms with Crippen LogP contribution in [-0.4, -0.2) is 41.0 Å². The van der Waals surface area contributed by atoms with Gasteiger partial charge in [0, 0.05) is 28.7 Å². The molecule has 1 aromatic carbocycles. The van der Waals surface area contributed by atoms with Gasteiger partial charge in [-0.1, -0.05) is 37.3 Å². The van der Waals surface area contributed by atoms with Gasteiger partial charge in [-0.25, -0.2) is 0 Å². The smallest absolute Gasteiger partial charge is 0.224 e. The summed E-state index contributed by atoms with van der Waals surface area (Å²) in [5.41, 5.74) is 6.14. The van der Waals surface area contributed by atoms with Crippen LogP contribution in [0.5, 0.6) is 0 Å². The van der Waals surface area contributed by atoms with Crippen LogP contribution >= 0.6 is 0 Å². The molecule has 0 atom stereocenters. The number of hydrogen-bond acceptors (Lipinski definition) is 2. The summed E-state index contributed by atoms with van der Waals surface area (Å²) in [5.74, 6) is 0.162. The number of piperidine rings is 1. The average molecular weight is 396 g/mol. The summed E-state index contributed by atoms with van der Waals surface area (Å²) < 4.78 is 0. The lowest BCUT2D eigenvalue weighted by Crippen LogP contribution is -2.58. The molecule has 1 saturated heterocycles. The van der Waals surface area contributed by atoms with E-state index in [-0.39, 0.29) is 11.4 Å². The molecule has 0 unspecified atom stereocenters. The zero-order valence-corrected chi connectivity index (χ0v) is 18.5. The maximum Gasteiger partial charge on any atom is 0.224 e. The molecular weight excluding hydrogens is 358 g/mol. The molecule has 158 valence electrons. The second-order valence-electron chi connectivity index (χ2n) is 9.52. The second kappa shape index (κ2) is 8.51. The Labute approximate surface area is 175 Å². The summed E-state index contributed by atoms with van der Waals surface area (Å²) in [6, 6.07) is 4.42. The lowest BCUT2D eigenvalue weighted by molar-refractivity contribution is -0.121. The summed E-state index contributed by atoms with van der Waals surface area (Å²) in [4.78, 5) is 19.2. The van der Waals surface area contributed by atoms with Crippen LogP contribution in [0.25, 0.3) is 10.9 Å². The van der Waals surface area contributed by atoms with E-state index in [2.05, 4.69) is 48.1 Å². The minimum Gasteiger partial charge on any atom is -0.358 e. The van der Waals surface area contributed by atoms with Gasteiger partial charge in [0.2, 0.25) is 5.91 Å². The van der Waals surface area contributed by atoms with E-state index in [1.807, 2.05) is 0 Å². The predicted octanol–water partition coefficient (Wildman–Crippen LogP) is 4.94. The molecule has 4 rings (SSSR count). The number of hydrogen-bond donors (Lipinski definition) is 2. The Kier molecular flexibility index (Phi) is 6.00. The van der Waals surface area contributed by atoms with Gasteiger partial charge >= 0.3 is 0 Å². The molecule has 4 heteroatoms. The van der Waals surface area contributed by atoms with Gasteiger partial charge in [-0.2, -0.15) is 0 Å². The number of carbonyl (C=O) groups is 1. The van der Waals surface area contributed by atoms with Crippen molar-refractivity contribution in [1.29, 1.82) is 0 Å². The number of amides is 1. The van der Waals surface area contributed by atoms with Gasteiger partial charge in [0.1, 0.15) is 0 Å². The van der Waals surface area contributed by atoms with Gasteiger partial charge in [0.15, 0.2) is 0 Å². The van der Waals surface area contributed by atoms with Crippen LogP contribution < -0.4 is 5.32 Å². The number of nitrogens with zero attached hydrogens (tertiary/aromatic N) is 1. The van der Waals surface area contributed by atoms with E-state index in [4.69, 9.17) is 0 Å². The standard InChI is InChI=1S/C25H37N3O/c1-18-14-19(2)24-22(15-18)21(20(3)27-24)16-23(29)26-17-25(10-6-4-7-11-25)28-12-8-5-9-13-28/h14-15,27H,4-13,16-17H2,1-3H3,(H,26,29). The minimum atomic E-state index is 0.162. The zero-order chi connectivity index (χ0) is 20.4. The number of benzene rings is 1. The first-order chi connectivity index (χ1) is 14.0. The molecular formula is C25H37N3O. The number of rotatable bonds is 5. The second-order valence-corrected chi connectivity index (χ2v) is 9.52. The number of fused-ring (bicyclic) bond motifs is 1. The number of likely N-dealkylation sites (tertiary alicyclic amines) is 1. The molecule has 4 nitrogen and oxygen atoms in total. The van der Waals surface area contributed by atoms with Crippen molar-refractivity contribution in [3.05, 3.63) is 34.5 Å². The van der Waals surface area contributed by atoms with Crippen molar-refractivity contribution in [2.24, 2.45) is 0 Å². The zero-order valence-electron chi connectivity index (χ0n) is 18.5. The van der Waals surface area contributed by atoms with E-state index in [1.54, 1.807) is 0 Å². The van der Waals surface area contributed by atoms with Gasteiger partial charge in [0.25, 0.3) is 0 Å². The fourth-order valence-electron chi connectivity index (χ4n) is 5.73. The maximum absolute atomic E-state index is 13.0. The third-order valence-electron chi connectivity index (χ3n) is 7.33. The van der Waals surface area contributed by atoms with Crippen molar-refractivity contribution in [3.8, 4) is 0 Å². The normalized spacial score (nSPS) is 20.1. The summed E-state index contributed by atoms with van der Waals surface area (Å²) in [6.45, 7) is 9.58. The van der Waals surface area contributed by atoms with Crippen LogP contribution in [0, 0.1) is 20.8 Å². The summed E-state index contributed by atoms with van der Waals surface area (Å²) in [7, 11) is 0. The van der Waals surface area contributed by atoms with E-state index < -0.39 is 0 Å². The van der Waals surface area contributed by atoms with Gasteiger partial charge < -0.3 is 10.3 Å². The van der Waals surface area contributed by atoms with E-state index >= 15 is 0 Å². The molecule has 2 aliphatic rings. The number of H-pyrrole nitrogens is 1. The van der Waals surface area contributed by atoms with Crippen molar-refractivity contribution in [3.63, 3.8) is 0 Å². The van der Waals surface area contributed by atoms with Crippen LogP contribution in [0.2, 0.25) is 0 Å². The Hall–Kier alpha value is -1.81. The molecule has 0 radical (unpaired) electrons. The summed E-state index contributed by atoms with van der Waals surface area (Å²) in [5, 5.41) is 4.56. The monoisotopic (exact) mass is 395 g/mol. The molecule has 2 aromatic rings. The van der Waals surface area contributed by atoms with Crippen molar-refractivity contribution < 1.29 is 4.79 Å². The number of carbonyl (C=O) groups excluding carboxylic acids is 1. The highest BCUT2D eigenvalue weighted by Crippen LogP contribution is 2.35. The Morgan fingerprint density at radius 1 is 1.03 bits per heavy atom. The molecule has 1 aromatic heterocycles. The molecule has 1 aliphatic carbocycles. The van der Waals surface area contributed by atoms with Crippen LogP contribution in [0.1, 0.15) is 73.8 Å². The van der Waals surface area contributed by atoms with Crippen molar-refractivity contribution in [2.75, 3.05) is 19.6 Å². The molecule has 29 heavy (non-hydrogen) atoms. The highest BCUT2D eigenvalue weighted by atomic mass is 16.1. The highest BCUT2D eigenvalue weighted by Gasteiger charge is 2.38. The summed E-state index contributed by atoms with van der Waals surface area (Å²) >= 11 is 0. The third-order valence-corrected chi connectivity index (χ3v) is 7.33. The van der Waals surface area contributed by atoms with Gasteiger partial charge in [-0.05, 0) is 76.7 Å². The average Bonchev–Trinajstić information content (AvgIpc) is 3.04. The largest absolute Gasteiger partial charge is 0.358 e. The van der Waals surface area contributed by atoms with Crippen molar-refractivity contribution in [1.82, 2.24) is 15.2 Å². The fourth-order valence-corrected chi connectivity index (χ4v) is 5.73. The third kappa shape index (κ3) is 4.23. The quantitative estimate of drug-likeness (QED) is 0.753. The van der Waals surface area contributed by atoms with Crippen LogP contribution in [-0.2, 0) is 11.2 Å². The number of nitrogens with one attached hydrogen (secondary N) is 2.